The first-order chi connectivity index (χ1) is 27.3. The van der Waals surface area contributed by atoms with Crippen LogP contribution in [-0.4, -0.2) is 19.5 Å². The lowest BCUT2D eigenvalue weighted by Crippen LogP contribution is -2.00. The van der Waals surface area contributed by atoms with Crippen LogP contribution in [0.5, 0.6) is 0 Å². The third-order valence-electron chi connectivity index (χ3n) is 10.8. The summed E-state index contributed by atoms with van der Waals surface area (Å²) in [6.45, 7) is 0. The number of para-hydroxylation sites is 3. The van der Waals surface area contributed by atoms with Gasteiger partial charge in [0, 0.05) is 60.5 Å². The third kappa shape index (κ3) is 4.46. The predicted molar refractivity (Wildman–Crippen MR) is 223 cm³/mol. The molecule has 55 heavy (non-hydrogen) atoms. The standard InChI is InChI=1S/C49H28N4O2/c1-3-14-29(15-4-1)47-50-48(30-16-5-2-6-17-30)52-49(51-47)38-26-31-18-7-8-19-32(31)46-44(38)35-22-13-24-40(45(35)55-46)53-39-23-11-9-20-33(39)36-27-37-34-21-10-12-25-42(34)54-43(37)28-41(36)53/h1-28H. The molecule has 0 radical (unpaired) electrons. The summed E-state index contributed by atoms with van der Waals surface area (Å²) in [5.74, 6) is 1.81. The van der Waals surface area contributed by atoms with Crippen molar-refractivity contribution in [2.24, 2.45) is 0 Å². The summed E-state index contributed by atoms with van der Waals surface area (Å²) in [4.78, 5) is 15.3. The summed E-state index contributed by atoms with van der Waals surface area (Å²) in [7, 11) is 0. The fraction of sp³-hybridized carbons (Fsp3) is 0. The lowest BCUT2D eigenvalue weighted by Gasteiger charge is -2.10. The van der Waals surface area contributed by atoms with Gasteiger partial charge < -0.3 is 13.4 Å². The van der Waals surface area contributed by atoms with Gasteiger partial charge in [-0.25, -0.2) is 15.0 Å². The minimum Gasteiger partial charge on any atom is -0.456 e. The average Bonchev–Trinajstić information content (AvgIpc) is 3.93. The molecule has 0 aliphatic carbocycles. The molecule has 12 aromatic rings. The van der Waals surface area contributed by atoms with Crippen molar-refractivity contribution < 1.29 is 8.83 Å². The van der Waals surface area contributed by atoms with E-state index in [1.807, 2.05) is 72.8 Å². The Bertz CT molecular complexity index is 3430. The number of aromatic nitrogens is 4. The van der Waals surface area contributed by atoms with Gasteiger partial charge in [-0.15, -0.1) is 0 Å². The van der Waals surface area contributed by atoms with Gasteiger partial charge in [0.05, 0.1) is 16.7 Å². The van der Waals surface area contributed by atoms with E-state index in [9.17, 15) is 0 Å². The summed E-state index contributed by atoms with van der Waals surface area (Å²) in [5, 5.41) is 8.53. The van der Waals surface area contributed by atoms with E-state index in [4.69, 9.17) is 23.8 Å². The Morgan fingerprint density at radius 3 is 1.80 bits per heavy atom. The van der Waals surface area contributed by atoms with Gasteiger partial charge in [-0.05, 0) is 35.7 Å². The Balaban J connectivity index is 1.18. The molecular weight excluding hydrogens is 677 g/mol. The van der Waals surface area contributed by atoms with E-state index in [1.54, 1.807) is 0 Å². The second kappa shape index (κ2) is 11.5. The van der Waals surface area contributed by atoms with Crippen molar-refractivity contribution in [3.8, 4) is 39.9 Å². The van der Waals surface area contributed by atoms with Crippen molar-refractivity contribution in [2.45, 2.75) is 0 Å². The molecule has 4 heterocycles. The number of nitrogens with zero attached hydrogens (tertiary/aromatic N) is 4. The average molecular weight is 705 g/mol. The van der Waals surface area contributed by atoms with Crippen LogP contribution in [0.1, 0.15) is 0 Å². The molecule has 0 aliphatic heterocycles. The molecule has 4 aromatic heterocycles. The lowest BCUT2D eigenvalue weighted by atomic mass is 9.99. The second-order valence-electron chi connectivity index (χ2n) is 14.0. The van der Waals surface area contributed by atoms with Crippen molar-refractivity contribution >= 4 is 76.5 Å². The largest absolute Gasteiger partial charge is 0.456 e. The van der Waals surface area contributed by atoms with Gasteiger partial charge in [-0.2, -0.15) is 0 Å². The number of hydrogen-bond acceptors (Lipinski definition) is 5. The molecule has 6 nitrogen and oxygen atoms in total. The predicted octanol–water partition coefficient (Wildman–Crippen LogP) is 12.9. The molecular formula is C49H28N4O2. The van der Waals surface area contributed by atoms with Crippen LogP contribution in [0.4, 0.5) is 0 Å². The monoisotopic (exact) mass is 704 g/mol. The van der Waals surface area contributed by atoms with E-state index in [-0.39, 0.29) is 0 Å². The Labute approximate surface area is 313 Å². The highest BCUT2D eigenvalue weighted by Crippen LogP contribution is 2.45. The molecule has 6 heteroatoms. The van der Waals surface area contributed by atoms with Crippen molar-refractivity contribution in [3.05, 3.63) is 170 Å². The van der Waals surface area contributed by atoms with Crippen molar-refractivity contribution in [1.82, 2.24) is 19.5 Å². The molecule has 0 atom stereocenters. The molecule has 0 spiro atoms. The number of rotatable bonds is 4. The molecule has 0 amide bonds. The Kier molecular flexibility index (Phi) is 6.24. The van der Waals surface area contributed by atoms with E-state index in [0.29, 0.717) is 17.5 Å². The molecule has 0 saturated carbocycles. The summed E-state index contributed by atoms with van der Waals surface area (Å²) < 4.78 is 15.9. The lowest BCUT2D eigenvalue weighted by molar-refractivity contribution is 0.668. The normalized spacial score (nSPS) is 12.0. The molecule has 0 saturated heterocycles. The van der Waals surface area contributed by atoms with Crippen LogP contribution in [0.2, 0.25) is 0 Å². The van der Waals surface area contributed by atoms with E-state index < -0.39 is 0 Å². The maximum Gasteiger partial charge on any atom is 0.164 e. The molecule has 0 unspecified atom stereocenters. The number of benzene rings is 8. The Morgan fingerprint density at radius 1 is 0.382 bits per heavy atom. The second-order valence-corrected chi connectivity index (χ2v) is 14.0. The third-order valence-corrected chi connectivity index (χ3v) is 10.8. The quantitative estimate of drug-likeness (QED) is 0.182. The highest BCUT2D eigenvalue weighted by Gasteiger charge is 2.24. The maximum atomic E-state index is 7.13. The minimum atomic E-state index is 0.584. The maximum absolute atomic E-state index is 7.13. The molecule has 0 N–H and O–H groups in total. The molecule has 256 valence electrons. The first-order valence-corrected chi connectivity index (χ1v) is 18.4. The van der Waals surface area contributed by atoms with Crippen molar-refractivity contribution in [2.75, 3.05) is 0 Å². The van der Waals surface area contributed by atoms with E-state index >= 15 is 0 Å². The van der Waals surface area contributed by atoms with Crippen LogP contribution >= 0.6 is 0 Å². The van der Waals surface area contributed by atoms with Gasteiger partial charge in [0.1, 0.15) is 16.7 Å². The van der Waals surface area contributed by atoms with Gasteiger partial charge in [0.15, 0.2) is 23.1 Å². The van der Waals surface area contributed by atoms with Gasteiger partial charge in [-0.3, -0.25) is 0 Å². The van der Waals surface area contributed by atoms with Crippen LogP contribution in [0.3, 0.4) is 0 Å². The van der Waals surface area contributed by atoms with E-state index in [2.05, 4.69) is 102 Å². The molecule has 0 aliphatic rings. The zero-order valence-electron chi connectivity index (χ0n) is 29.3. The van der Waals surface area contributed by atoms with Crippen LogP contribution in [-0.2, 0) is 0 Å². The molecule has 8 aromatic carbocycles. The Morgan fingerprint density at radius 2 is 1.02 bits per heavy atom. The first kappa shape index (κ1) is 29.9. The van der Waals surface area contributed by atoms with Gasteiger partial charge in [-0.1, -0.05) is 133 Å². The minimum absolute atomic E-state index is 0.584. The van der Waals surface area contributed by atoms with Gasteiger partial charge >= 0.3 is 0 Å². The topological polar surface area (TPSA) is 69.9 Å². The highest BCUT2D eigenvalue weighted by atomic mass is 16.3. The van der Waals surface area contributed by atoms with Gasteiger partial charge in [0.2, 0.25) is 0 Å². The zero-order valence-corrected chi connectivity index (χ0v) is 29.3. The summed E-state index contributed by atoms with van der Waals surface area (Å²) >= 11 is 0. The van der Waals surface area contributed by atoms with Crippen LogP contribution in [0.25, 0.3) is 116 Å². The number of hydrogen-bond donors (Lipinski definition) is 0. The molecule has 0 bridgehead atoms. The number of fused-ring (bicyclic) bond motifs is 11. The number of furan rings is 2. The SMILES string of the molecule is c1ccc(-c2nc(-c3ccccc3)nc(-c3cc4ccccc4c4oc5c(-n6c7ccccc7c7cc8c(cc76)oc6ccccc68)cccc5c34)n2)cc1. The van der Waals surface area contributed by atoms with Crippen LogP contribution in [0, 0.1) is 0 Å². The van der Waals surface area contributed by atoms with Crippen LogP contribution in [0.15, 0.2) is 179 Å². The Hall–Kier alpha value is -7.57. The fourth-order valence-corrected chi connectivity index (χ4v) is 8.35. The van der Waals surface area contributed by atoms with Crippen molar-refractivity contribution in [1.29, 1.82) is 0 Å². The fourth-order valence-electron chi connectivity index (χ4n) is 8.35. The van der Waals surface area contributed by atoms with E-state index in [1.165, 1.54) is 0 Å². The first-order valence-electron chi connectivity index (χ1n) is 18.4. The molecule has 0 fully saturated rings. The van der Waals surface area contributed by atoms with Crippen molar-refractivity contribution in [3.63, 3.8) is 0 Å². The van der Waals surface area contributed by atoms with Gasteiger partial charge in [0.25, 0.3) is 0 Å². The summed E-state index contributed by atoms with van der Waals surface area (Å²) in [6, 6.07) is 58.4. The van der Waals surface area contributed by atoms with Crippen LogP contribution < -0.4 is 0 Å². The smallest absolute Gasteiger partial charge is 0.164 e. The molecule has 12 rings (SSSR count). The highest BCUT2D eigenvalue weighted by molar-refractivity contribution is 6.23. The zero-order chi connectivity index (χ0) is 36.0. The summed E-state index contributed by atoms with van der Waals surface area (Å²) in [5.41, 5.74) is 9.10. The van der Waals surface area contributed by atoms with E-state index in [0.717, 1.165) is 98.8 Å². The summed E-state index contributed by atoms with van der Waals surface area (Å²) in [6.07, 6.45) is 0.